The van der Waals surface area contributed by atoms with E-state index in [0.717, 1.165) is 26.2 Å². The summed E-state index contributed by atoms with van der Waals surface area (Å²) in [4.78, 5) is 22.9. The highest BCUT2D eigenvalue weighted by atomic mass is 35.5. The fraction of sp³-hybridized carbons (Fsp3) is 0.429. The number of carboxylic acids is 1. The summed E-state index contributed by atoms with van der Waals surface area (Å²) in [5, 5.41) is 13.8. The van der Waals surface area contributed by atoms with Crippen molar-refractivity contribution in [2.45, 2.75) is 6.18 Å². The summed E-state index contributed by atoms with van der Waals surface area (Å²) in [5.74, 6) is -2.89. The van der Waals surface area contributed by atoms with Gasteiger partial charge in [-0.25, -0.2) is 4.79 Å². The Bertz CT molecular complexity index is 630. The zero-order valence-electron chi connectivity index (χ0n) is 13.4. The molecule has 1 aromatic rings. The maximum absolute atomic E-state index is 11.9. The van der Waals surface area contributed by atoms with Crippen LogP contribution in [0.1, 0.15) is 0 Å². The number of alkyl halides is 3. The first kappa shape index (κ1) is 22.3. The van der Waals surface area contributed by atoms with Gasteiger partial charge in [-0.05, 0) is 12.1 Å². The van der Waals surface area contributed by atoms with Crippen molar-refractivity contribution in [1.82, 2.24) is 10.2 Å². The first-order chi connectivity index (χ1) is 12.0. The molecule has 2 rings (SSSR count). The molecule has 0 saturated carbocycles. The van der Waals surface area contributed by atoms with E-state index in [2.05, 4.69) is 15.5 Å². The predicted molar refractivity (Wildman–Crippen MR) is 92.5 cm³/mol. The van der Waals surface area contributed by atoms with Crippen molar-refractivity contribution in [3.8, 4) is 0 Å². The third-order valence-electron chi connectivity index (χ3n) is 3.15. The minimum Gasteiger partial charge on any atom is -0.475 e. The topological polar surface area (TPSA) is 108 Å². The van der Waals surface area contributed by atoms with Crippen LogP contribution in [-0.4, -0.2) is 60.8 Å². The number of anilines is 2. The summed E-state index contributed by atoms with van der Waals surface area (Å²) in [6.45, 7) is 3.85. The molecule has 0 aromatic heterocycles. The number of carbonyl (C=O) groups excluding carboxylic acids is 1. The van der Waals surface area contributed by atoms with Gasteiger partial charge in [0.2, 0.25) is 5.91 Å². The van der Waals surface area contributed by atoms with Crippen molar-refractivity contribution in [3.05, 3.63) is 22.2 Å². The number of hydrogen-bond acceptors (Lipinski definition) is 5. The highest BCUT2D eigenvalue weighted by Crippen LogP contribution is 2.32. The number of piperazine rings is 1. The summed E-state index contributed by atoms with van der Waals surface area (Å²) in [6.07, 6.45) is -5.08. The quantitative estimate of drug-likeness (QED) is 0.561. The van der Waals surface area contributed by atoms with E-state index < -0.39 is 12.1 Å². The molecule has 5 N–H and O–H groups in total. The minimum atomic E-state index is -5.08. The van der Waals surface area contributed by atoms with E-state index in [9.17, 15) is 18.0 Å². The Kier molecular flexibility index (Phi) is 8.41. The maximum Gasteiger partial charge on any atom is 0.490 e. The lowest BCUT2D eigenvalue weighted by atomic mass is 10.2. The third-order valence-corrected chi connectivity index (χ3v) is 3.74. The number of aliphatic carboxylic acids is 1. The van der Waals surface area contributed by atoms with Crippen molar-refractivity contribution < 1.29 is 27.9 Å². The number of carboxylic acid groups (broad SMARTS) is 1. The Balaban J connectivity index is 0.000000412. The molecule has 1 fully saturated rings. The molecule has 1 heterocycles. The Morgan fingerprint density at radius 3 is 2.12 bits per heavy atom. The molecule has 1 aromatic carbocycles. The van der Waals surface area contributed by atoms with Crippen molar-refractivity contribution >= 4 is 46.5 Å². The smallest absolute Gasteiger partial charge is 0.475 e. The van der Waals surface area contributed by atoms with E-state index in [1.54, 1.807) is 12.1 Å². The third kappa shape index (κ3) is 7.65. The van der Waals surface area contributed by atoms with Gasteiger partial charge < -0.3 is 21.5 Å². The van der Waals surface area contributed by atoms with Gasteiger partial charge in [0, 0.05) is 31.9 Å². The van der Waals surface area contributed by atoms with Gasteiger partial charge in [0.15, 0.2) is 0 Å². The van der Waals surface area contributed by atoms with Gasteiger partial charge in [-0.3, -0.25) is 9.69 Å². The minimum absolute atomic E-state index is 0.129. The molecule has 1 amide bonds. The molecule has 0 radical (unpaired) electrons. The van der Waals surface area contributed by atoms with Crippen molar-refractivity contribution in [2.75, 3.05) is 43.8 Å². The van der Waals surface area contributed by atoms with Gasteiger partial charge in [0.1, 0.15) is 0 Å². The number of nitrogens with two attached hydrogens (primary N) is 1. The van der Waals surface area contributed by atoms with E-state index in [1.807, 2.05) is 0 Å². The lowest BCUT2D eigenvalue weighted by Crippen LogP contribution is -2.46. The van der Waals surface area contributed by atoms with Gasteiger partial charge in [0.25, 0.3) is 0 Å². The summed E-state index contributed by atoms with van der Waals surface area (Å²) >= 11 is 12.0. The molecule has 1 aliphatic rings. The van der Waals surface area contributed by atoms with E-state index in [0.29, 0.717) is 28.0 Å². The van der Waals surface area contributed by atoms with Crippen molar-refractivity contribution in [2.24, 2.45) is 0 Å². The second kappa shape index (κ2) is 9.81. The molecule has 26 heavy (non-hydrogen) atoms. The van der Waals surface area contributed by atoms with Gasteiger partial charge >= 0.3 is 12.1 Å². The molecular formula is C14H17Cl2F3N4O3. The first-order valence-corrected chi connectivity index (χ1v) is 8.04. The lowest BCUT2D eigenvalue weighted by molar-refractivity contribution is -0.192. The molecule has 1 aliphatic heterocycles. The van der Waals surface area contributed by atoms with Gasteiger partial charge in [-0.2, -0.15) is 13.2 Å². The molecule has 7 nitrogen and oxygen atoms in total. The van der Waals surface area contributed by atoms with Crippen molar-refractivity contribution in [3.63, 3.8) is 0 Å². The molecule has 0 spiro atoms. The highest BCUT2D eigenvalue weighted by molar-refractivity contribution is 6.40. The second-order valence-corrected chi connectivity index (χ2v) is 6.05. The van der Waals surface area contributed by atoms with Crippen LogP contribution in [0.5, 0.6) is 0 Å². The Labute approximate surface area is 157 Å². The molecule has 146 valence electrons. The average Bonchev–Trinajstić information content (AvgIpc) is 2.51. The Morgan fingerprint density at radius 1 is 1.23 bits per heavy atom. The summed E-state index contributed by atoms with van der Waals surface area (Å²) in [6, 6.07) is 3.13. The van der Waals surface area contributed by atoms with Crippen LogP contribution in [-0.2, 0) is 9.59 Å². The molecule has 1 saturated heterocycles. The molecule has 12 heteroatoms. The number of hydrogen-bond donors (Lipinski definition) is 4. The van der Waals surface area contributed by atoms with Crippen LogP contribution in [0.2, 0.25) is 10.0 Å². The van der Waals surface area contributed by atoms with E-state index >= 15 is 0 Å². The fourth-order valence-corrected chi connectivity index (χ4v) is 2.56. The fourth-order valence-electron chi connectivity index (χ4n) is 1.96. The van der Waals surface area contributed by atoms with Gasteiger partial charge in [-0.1, -0.05) is 23.2 Å². The number of nitrogen functional groups attached to an aromatic ring is 1. The molecule has 0 atom stereocenters. The van der Waals surface area contributed by atoms with E-state index in [-0.39, 0.29) is 5.91 Å². The maximum atomic E-state index is 11.9. The Morgan fingerprint density at radius 2 is 1.69 bits per heavy atom. The van der Waals surface area contributed by atoms with E-state index in [4.69, 9.17) is 38.8 Å². The number of halogens is 5. The average molecular weight is 417 g/mol. The SMILES string of the molecule is Nc1cc(Cl)c(NC(=O)CN2CCNCC2)c(Cl)c1.O=C(O)C(F)(F)F. The zero-order valence-corrected chi connectivity index (χ0v) is 14.9. The van der Waals surface area contributed by atoms with Crippen LogP contribution < -0.4 is 16.4 Å². The summed E-state index contributed by atoms with van der Waals surface area (Å²) in [5.41, 5.74) is 6.49. The lowest BCUT2D eigenvalue weighted by Gasteiger charge is -2.26. The standard InChI is InChI=1S/C12H16Cl2N4O.C2HF3O2/c13-9-5-8(15)6-10(14)12(9)17-11(19)7-18-3-1-16-2-4-18;3-2(4,5)1(6)7/h5-6,16H,1-4,7,15H2,(H,17,19);(H,6,7). The Hall–Kier alpha value is -1.75. The molecule has 0 bridgehead atoms. The molecule has 0 unspecified atom stereocenters. The number of rotatable bonds is 3. The van der Waals surface area contributed by atoms with Crippen LogP contribution in [0.3, 0.4) is 0 Å². The normalized spacial score (nSPS) is 15.0. The van der Waals surface area contributed by atoms with Gasteiger partial charge in [-0.15, -0.1) is 0 Å². The summed E-state index contributed by atoms with van der Waals surface area (Å²) < 4.78 is 31.7. The largest absolute Gasteiger partial charge is 0.490 e. The summed E-state index contributed by atoms with van der Waals surface area (Å²) in [7, 11) is 0. The first-order valence-electron chi connectivity index (χ1n) is 7.28. The number of benzene rings is 1. The van der Waals surface area contributed by atoms with Crippen LogP contribution >= 0.6 is 23.2 Å². The van der Waals surface area contributed by atoms with Crippen LogP contribution in [0.4, 0.5) is 24.5 Å². The molecule has 0 aliphatic carbocycles. The van der Waals surface area contributed by atoms with Crippen molar-refractivity contribution in [1.29, 1.82) is 0 Å². The monoisotopic (exact) mass is 416 g/mol. The highest BCUT2D eigenvalue weighted by Gasteiger charge is 2.38. The van der Waals surface area contributed by atoms with Crippen LogP contribution in [0.25, 0.3) is 0 Å². The number of amides is 1. The number of nitrogens with zero attached hydrogens (tertiary/aromatic N) is 1. The number of carbonyl (C=O) groups is 2. The second-order valence-electron chi connectivity index (χ2n) is 5.24. The molecular weight excluding hydrogens is 400 g/mol. The van der Waals surface area contributed by atoms with Gasteiger partial charge in [0.05, 0.1) is 22.3 Å². The van der Waals surface area contributed by atoms with Crippen LogP contribution in [0.15, 0.2) is 12.1 Å². The number of nitrogens with one attached hydrogen (secondary N) is 2. The predicted octanol–water partition coefficient (Wildman–Crippen LogP) is 2.05. The van der Waals surface area contributed by atoms with Crippen LogP contribution in [0, 0.1) is 0 Å². The van der Waals surface area contributed by atoms with E-state index in [1.165, 1.54) is 0 Å². The zero-order chi connectivity index (χ0) is 19.9.